The van der Waals surface area contributed by atoms with E-state index in [2.05, 4.69) is 32.2 Å². The van der Waals surface area contributed by atoms with Crippen molar-refractivity contribution in [2.75, 3.05) is 5.32 Å². The molecule has 0 saturated carbocycles. The van der Waals surface area contributed by atoms with Crippen molar-refractivity contribution in [2.24, 2.45) is 0 Å². The third-order valence-corrected chi connectivity index (χ3v) is 4.47. The summed E-state index contributed by atoms with van der Waals surface area (Å²) in [5.41, 5.74) is 3.25. The van der Waals surface area contributed by atoms with Gasteiger partial charge in [0.1, 0.15) is 5.82 Å². The second-order valence-electron chi connectivity index (χ2n) is 7.77. The van der Waals surface area contributed by atoms with Gasteiger partial charge in [-0.2, -0.15) is 10.4 Å². The Morgan fingerprint density at radius 3 is 2.39 bits per heavy atom. The first-order valence-corrected chi connectivity index (χ1v) is 9.32. The molecule has 28 heavy (non-hydrogen) atoms. The summed E-state index contributed by atoms with van der Waals surface area (Å²) in [4.78, 5) is 12.5. The largest absolute Gasteiger partial charge is 0.311 e. The number of benzene rings is 2. The number of hydrogen-bond donors (Lipinski definition) is 1. The Balaban J connectivity index is 1.83. The number of anilines is 1. The van der Waals surface area contributed by atoms with Crippen LogP contribution in [0.5, 0.6) is 0 Å². The highest BCUT2D eigenvalue weighted by atomic mass is 16.1. The standard InChI is InChI=1S/C23H24N4O/c1-23(2,3)20-15-21(25-22(28)14-11-17-7-5-4-6-8-17)27(26-20)19-12-9-18(16-24)10-13-19/h4-10,12-13,15H,11,14H2,1-3H3,(H,25,28). The average molecular weight is 372 g/mol. The van der Waals surface area contributed by atoms with E-state index in [0.717, 1.165) is 16.9 Å². The van der Waals surface area contributed by atoms with Crippen molar-refractivity contribution >= 4 is 11.7 Å². The fraction of sp³-hybridized carbons (Fsp3) is 0.261. The van der Waals surface area contributed by atoms with Gasteiger partial charge in [0.15, 0.2) is 0 Å². The van der Waals surface area contributed by atoms with E-state index in [9.17, 15) is 4.79 Å². The van der Waals surface area contributed by atoms with Crippen molar-refractivity contribution in [3.8, 4) is 11.8 Å². The van der Waals surface area contributed by atoms with Crippen LogP contribution in [-0.2, 0) is 16.6 Å². The number of aryl methyl sites for hydroxylation is 1. The second kappa shape index (κ2) is 8.10. The monoisotopic (exact) mass is 372 g/mol. The van der Waals surface area contributed by atoms with Crippen LogP contribution in [-0.4, -0.2) is 15.7 Å². The molecule has 142 valence electrons. The molecule has 0 aliphatic rings. The smallest absolute Gasteiger partial charge is 0.225 e. The Hall–Kier alpha value is -3.39. The van der Waals surface area contributed by atoms with Crippen LogP contribution >= 0.6 is 0 Å². The quantitative estimate of drug-likeness (QED) is 0.711. The third-order valence-electron chi connectivity index (χ3n) is 4.47. The molecule has 2 aromatic carbocycles. The number of rotatable bonds is 5. The second-order valence-corrected chi connectivity index (χ2v) is 7.77. The molecule has 0 saturated heterocycles. The number of nitrogens with one attached hydrogen (secondary N) is 1. The molecule has 1 N–H and O–H groups in total. The molecule has 1 heterocycles. The molecule has 5 nitrogen and oxygen atoms in total. The minimum Gasteiger partial charge on any atom is -0.311 e. The van der Waals surface area contributed by atoms with Crippen molar-refractivity contribution in [1.29, 1.82) is 5.26 Å². The van der Waals surface area contributed by atoms with Crippen LogP contribution in [0.1, 0.15) is 44.0 Å². The Bertz CT molecular complexity index is 990. The van der Waals surface area contributed by atoms with Crippen LogP contribution in [0.25, 0.3) is 5.69 Å². The van der Waals surface area contributed by atoms with Gasteiger partial charge in [-0.05, 0) is 36.2 Å². The van der Waals surface area contributed by atoms with E-state index >= 15 is 0 Å². The number of carbonyl (C=O) groups excluding carboxylic acids is 1. The summed E-state index contributed by atoms with van der Waals surface area (Å²) in [6.45, 7) is 6.25. The van der Waals surface area contributed by atoms with Gasteiger partial charge in [-0.15, -0.1) is 0 Å². The van der Waals surface area contributed by atoms with Crippen LogP contribution in [0, 0.1) is 11.3 Å². The van der Waals surface area contributed by atoms with Gasteiger partial charge in [-0.25, -0.2) is 4.68 Å². The van der Waals surface area contributed by atoms with Gasteiger partial charge in [-0.3, -0.25) is 4.79 Å². The molecule has 0 bridgehead atoms. The van der Waals surface area contributed by atoms with Crippen molar-refractivity contribution in [3.63, 3.8) is 0 Å². The van der Waals surface area contributed by atoms with Crippen LogP contribution < -0.4 is 5.32 Å². The summed E-state index contributed by atoms with van der Waals surface area (Å²) in [5.74, 6) is 0.576. The molecule has 0 unspecified atom stereocenters. The number of carbonyl (C=O) groups is 1. The summed E-state index contributed by atoms with van der Waals surface area (Å²) < 4.78 is 1.72. The average Bonchev–Trinajstić information content (AvgIpc) is 3.11. The number of aromatic nitrogens is 2. The van der Waals surface area contributed by atoms with Gasteiger partial charge in [0, 0.05) is 17.9 Å². The first-order valence-electron chi connectivity index (χ1n) is 9.32. The van der Waals surface area contributed by atoms with Gasteiger partial charge in [0.25, 0.3) is 0 Å². The van der Waals surface area contributed by atoms with E-state index in [1.54, 1.807) is 16.8 Å². The summed E-state index contributed by atoms with van der Waals surface area (Å²) in [6.07, 6.45) is 1.08. The Kier molecular flexibility index (Phi) is 5.60. The van der Waals surface area contributed by atoms with Crippen molar-refractivity contribution in [2.45, 2.75) is 39.0 Å². The Morgan fingerprint density at radius 1 is 1.11 bits per heavy atom. The SMILES string of the molecule is CC(C)(C)c1cc(NC(=O)CCc2ccccc2)n(-c2ccc(C#N)cc2)n1. The predicted molar refractivity (Wildman–Crippen MR) is 110 cm³/mol. The van der Waals surface area contributed by atoms with E-state index in [1.807, 2.05) is 48.5 Å². The Morgan fingerprint density at radius 2 is 1.79 bits per heavy atom. The highest BCUT2D eigenvalue weighted by Gasteiger charge is 2.21. The fourth-order valence-electron chi connectivity index (χ4n) is 2.82. The lowest BCUT2D eigenvalue weighted by molar-refractivity contribution is -0.116. The van der Waals surface area contributed by atoms with Crippen LogP contribution in [0.2, 0.25) is 0 Å². The minimum atomic E-state index is -0.151. The maximum atomic E-state index is 12.5. The number of amides is 1. The molecule has 3 aromatic rings. The maximum absolute atomic E-state index is 12.5. The van der Waals surface area contributed by atoms with E-state index in [1.165, 1.54) is 0 Å². The van der Waals surface area contributed by atoms with Gasteiger partial charge in [0.2, 0.25) is 5.91 Å². The lowest BCUT2D eigenvalue weighted by Crippen LogP contribution is -2.15. The zero-order chi connectivity index (χ0) is 20.1. The van der Waals surface area contributed by atoms with Crippen molar-refractivity contribution in [3.05, 3.63) is 77.5 Å². The molecule has 0 aliphatic heterocycles. The van der Waals surface area contributed by atoms with Crippen molar-refractivity contribution in [1.82, 2.24) is 9.78 Å². The van der Waals surface area contributed by atoms with Gasteiger partial charge >= 0.3 is 0 Å². The Labute approximate surface area is 165 Å². The number of hydrogen-bond acceptors (Lipinski definition) is 3. The van der Waals surface area contributed by atoms with E-state index in [0.29, 0.717) is 24.2 Å². The predicted octanol–water partition coefficient (Wildman–Crippen LogP) is 4.61. The third kappa shape index (κ3) is 4.66. The first kappa shape index (κ1) is 19.4. The van der Waals surface area contributed by atoms with E-state index in [-0.39, 0.29) is 11.3 Å². The molecule has 0 spiro atoms. The summed E-state index contributed by atoms with van der Waals surface area (Å²) in [6, 6.07) is 21.1. The highest BCUT2D eigenvalue weighted by molar-refractivity contribution is 5.90. The van der Waals surface area contributed by atoms with Crippen LogP contribution in [0.3, 0.4) is 0 Å². The lowest BCUT2D eigenvalue weighted by atomic mass is 9.92. The summed E-state index contributed by atoms with van der Waals surface area (Å²) >= 11 is 0. The molecule has 1 amide bonds. The summed E-state index contributed by atoms with van der Waals surface area (Å²) in [7, 11) is 0. The minimum absolute atomic E-state index is 0.0564. The molecule has 0 fully saturated rings. The molecule has 1 aromatic heterocycles. The summed E-state index contributed by atoms with van der Waals surface area (Å²) in [5, 5.41) is 16.7. The van der Waals surface area contributed by atoms with Crippen LogP contribution in [0.4, 0.5) is 5.82 Å². The molecular weight excluding hydrogens is 348 g/mol. The zero-order valence-corrected chi connectivity index (χ0v) is 16.4. The highest BCUT2D eigenvalue weighted by Crippen LogP contribution is 2.26. The molecule has 5 heteroatoms. The molecule has 3 rings (SSSR count). The zero-order valence-electron chi connectivity index (χ0n) is 16.4. The van der Waals surface area contributed by atoms with Gasteiger partial charge in [0.05, 0.1) is 23.0 Å². The topological polar surface area (TPSA) is 70.7 Å². The number of nitrogens with zero attached hydrogens (tertiary/aromatic N) is 3. The van der Waals surface area contributed by atoms with E-state index in [4.69, 9.17) is 10.4 Å². The lowest BCUT2D eigenvalue weighted by Gasteiger charge is -2.14. The molecule has 0 radical (unpaired) electrons. The molecular formula is C23H24N4O. The maximum Gasteiger partial charge on any atom is 0.225 e. The molecule has 0 aliphatic carbocycles. The van der Waals surface area contributed by atoms with Gasteiger partial charge in [-0.1, -0.05) is 51.1 Å². The van der Waals surface area contributed by atoms with Gasteiger partial charge < -0.3 is 5.32 Å². The van der Waals surface area contributed by atoms with Crippen molar-refractivity contribution < 1.29 is 4.79 Å². The first-order chi connectivity index (χ1) is 13.4. The van der Waals surface area contributed by atoms with E-state index < -0.39 is 0 Å². The number of nitriles is 1. The van der Waals surface area contributed by atoms with Crippen LogP contribution in [0.15, 0.2) is 60.7 Å². The fourth-order valence-corrected chi connectivity index (χ4v) is 2.82. The normalized spacial score (nSPS) is 11.1. The molecule has 0 atom stereocenters.